The number of anilines is 1. The summed E-state index contributed by atoms with van der Waals surface area (Å²) in [7, 11) is -3.56. The van der Waals surface area contributed by atoms with E-state index in [0.717, 1.165) is 37.5 Å². The van der Waals surface area contributed by atoms with E-state index in [-0.39, 0.29) is 23.9 Å². The first-order valence-corrected chi connectivity index (χ1v) is 10.8. The Labute approximate surface area is 151 Å². The van der Waals surface area contributed by atoms with Gasteiger partial charge in [-0.05, 0) is 29.9 Å². The van der Waals surface area contributed by atoms with Crippen molar-refractivity contribution < 1.29 is 13.2 Å². The first kappa shape index (κ1) is 19.8. The van der Waals surface area contributed by atoms with Crippen molar-refractivity contribution in [1.29, 1.82) is 0 Å². The van der Waals surface area contributed by atoms with Gasteiger partial charge < -0.3 is 5.32 Å². The second-order valence-electron chi connectivity index (χ2n) is 7.94. The molecule has 1 N–H and O–H groups in total. The minimum atomic E-state index is -3.56. The molecule has 0 aliphatic heterocycles. The molecular formula is C19H30N2O3S. The topological polar surface area (TPSA) is 66.5 Å². The molecule has 1 aliphatic carbocycles. The highest BCUT2D eigenvalue weighted by Crippen LogP contribution is 2.32. The van der Waals surface area contributed by atoms with Crippen LogP contribution in [-0.2, 0) is 20.2 Å². The van der Waals surface area contributed by atoms with Gasteiger partial charge >= 0.3 is 0 Å². The fourth-order valence-electron chi connectivity index (χ4n) is 3.36. The van der Waals surface area contributed by atoms with Crippen molar-refractivity contribution in [1.82, 2.24) is 5.32 Å². The van der Waals surface area contributed by atoms with Crippen LogP contribution in [0, 0.1) is 0 Å². The van der Waals surface area contributed by atoms with E-state index in [0.29, 0.717) is 5.69 Å². The molecule has 140 valence electrons. The van der Waals surface area contributed by atoms with Gasteiger partial charge in [-0.3, -0.25) is 9.10 Å². The molecule has 1 amide bonds. The predicted octanol–water partition coefficient (Wildman–Crippen LogP) is 3.20. The van der Waals surface area contributed by atoms with Crippen LogP contribution in [0.25, 0.3) is 0 Å². The van der Waals surface area contributed by atoms with Crippen LogP contribution in [0.2, 0.25) is 0 Å². The van der Waals surface area contributed by atoms with Gasteiger partial charge in [0, 0.05) is 6.04 Å². The summed E-state index contributed by atoms with van der Waals surface area (Å²) in [6.45, 7) is 5.93. The van der Waals surface area contributed by atoms with Crippen LogP contribution in [0.4, 0.5) is 5.69 Å². The summed E-state index contributed by atoms with van der Waals surface area (Å²) in [6.07, 6.45) is 6.55. The van der Waals surface area contributed by atoms with Crippen molar-refractivity contribution >= 4 is 21.6 Å². The van der Waals surface area contributed by atoms with Gasteiger partial charge in [-0.1, -0.05) is 58.2 Å². The van der Waals surface area contributed by atoms with Gasteiger partial charge in [0.2, 0.25) is 15.9 Å². The number of benzene rings is 1. The summed E-state index contributed by atoms with van der Waals surface area (Å²) in [5, 5.41) is 3.00. The summed E-state index contributed by atoms with van der Waals surface area (Å²) in [4.78, 5) is 12.5. The van der Waals surface area contributed by atoms with E-state index in [9.17, 15) is 13.2 Å². The lowest BCUT2D eigenvalue weighted by molar-refractivity contribution is -0.120. The molecule has 6 heteroatoms. The fraction of sp³-hybridized carbons (Fsp3) is 0.632. The highest BCUT2D eigenvalue weighted by molar-refractivity contribution is 7.92. The minimum Gasteiger partial charge on any atom is -0.352 e. The summed E-state index contributed by atoms with van der Waals surface area (Å²) in [5.74, 6) is -0.235. The first-order valence-electron chi connectivity index (χ1n) is 8.95. The normalized spacial score (nSPS) is 16.5. The average Bonchev–Trinajstić information content (AvgIpc) is 2.52. The molecular weight excluding hydrogens is 336 g/mol. The maximum Gasteiger partial charge on any atom is 0.240 e. The third-order valence-electron chi connectivity index (χ3n) is 4.64. The molecule has 5 nitrogen and oxygen atoms in total. The number of rotatable bonds is 5. The van der Waals surface area contributed by atoms with Gasteiger partial charge in [-0.15, -0.1) is 0 Å². The van der Waals surface area contributed by atoms with Crippen LogP contribution >= 0.6 is 0 Å². The van der Waals surface area contributed by atoms with Crippen LogP contribution in [0.15, 0.2) is 24.3 Å². The Balaban J connectivity index is 2.25. The van der Waals surface area contributed by atoms with Gasteiger partial charge in [-0.2, -0.15) is 0 Å². The number of hydrogen-bond acceptors (Lipinski definition) is 3. The lowest BCUT2D eigenvalue weighted by atomic mass is 9.86. The van der Waals surface area contributed by atoms with Crippen molar-refractivity contribution in [2.75, 3.05) is 17.1 Å². The lowest BCUT2D eigenvalue weighted by Crippen LogP contribution is -2.45. The van der Waals surface area contributed by atoms with E-state index >= 15 is 0 Å². The zero-order chi connectivity index (χ0) is 18.7. The van der Waals surface area contributed by atoms with Gasteiger partial charge in [0.05, 0.1) is 11.9 Å². The minimum absolute atomic E-state index is 0.167. The molecule has 0 bridgehead atoms. The molecule has 1 aliphatic rings. The van der Waals surface area contributed by atoms with Crippen molar-refractivity contribution in [2.24, 2.45) is 0 Å². The van der Waals surface area contributed by atoms with Crippen LogP contribution in [0.5, 0.6) is 0 Å². The molecule has 0 spiro atoms. The Bertz CT molecular complexity index is 702. The Morgan fingerprint density at radius 1 is 1.16 bits per heavy atom. The number of carbonyl (C=O) groups excluding carboxylic acids is 1. The molecule has 25 heavy (non-hydrogen) atoms. The number of hydrogen-bond donors (Lipinski definition) is 1. The van der Waals surface area contributed by atoms with Gasteiger partial charge in [0.1, 0.15) is 6.54 Å². The molecule has 1 aromatic carbocycles. The second-order valence-corrected chi connectivity index (χ2v) is 9.85. The molecule has 1 aromatic rings. The SMILES string of the molecule is CC(C)(C)c1ccccc1N(CC(=O)NC1CCCCC1)S(C)(=O)=O. The van der Waals surface area contributed by atoms with E-state index in [1.165, 1.54) is 10.7 Å². The van der Waals surface area contributed by atoms with Crippen molar-refractivity contribution in [3.8, 4) is 0 Å². The first-order chi connectivity index (χ1) is 11.6. The Hall–Kier alpha value is -1.56. The van der Waals surface area contributed by atoms with Gasteiger partial charge in [0.15, 0.2) is 0 Å². The molecule has 1 saturated carbocycles. The average molecular weight is 367 g/mol. The highest BCUT2D eigenvalue weighted by Gasteiger charge is 2.28. The number of sulfonamides is 1. The zero-order valence-electron chi connectivity index (χ0n) is 15.7. The zero-order valence-corrected chi connectivity index (χ0v) is 16.5. The summed E-state index contributed by atoms with van der Waals surface area (Å²) in [5.41, 5.74) is 1.27. The number of para-hydroxylation sites is 1. The highest BCUT2D eigenvalue weighted by atomic mass is 32.2. The maximum atomic E-state index is 12.5. The van der Waals surface area contributed by atoms with E-state index < -0.39 is 10.0 Å². The third kappa shape index (κ3) is 5.46. The lowest BCUT2D eigenvalue weighted by Gasteiger charge is -2.30. The fourth-order valence-corrected chi connectivity index (χ4v) is 4.23. The molecule has 1 fully saturated rings. The van der Waals surface area contributed by atoms with Crippen LogP contribution < -0.4 is 9.62 Å². The van der Waals surface area contributed by atoms with Crippen molar-refractivity contribution in [2.45, 2.75) is 64.3 Å². The summed E-state index contributed by atoms with van der Waals surface area (Å²) in [6, 6.07) is 7.57. The third-order valence-corrected chi connectivity index (χ3v) is 5.77. The van der Waals surface area contributed by atoms with Crippen LogP contribution in [-0.4, -0.2) is 33.2 Å². The van der Waals surface area contributed by atoms with E-state index in [4.69, 9.17) is 0 Å². The van der Waals surface area contributed by atoms with E-state index in [1.807, 2.05) is 39.0 Å². The van der Waals surface area contributed by atoms with Crippen LogP contribution in [0.3, 0.4) is 0 Å². The molecule has 0 atom stereocenters. The van der Waals surface area contributed by atoms with Gasteiger partial charge in [0.25, 0.3) is 0 Å². The molecule has 0 radical (unpaired) electrons. The number of nitrogens with one attached hydrogen (secondary N) is 1. The molecule has 0 unspecified atom stereocenters. The summed E-state index contributed by atoms with van der Waals surface area (Å²) >= 11 is 0. The largest absolute Gasteiger partial charge is 0.352 e. The van der Waals surface area contributed by atoms with Gasteiger partial charge in [-0.25, -0.2) is 8.42 Å². The standard InChI is InChI=1S/C19H30N2O3S/c1-19(2,3)16-12-8-9-13-17(16)21(25(4,23)24)14-18(22)20-15-10-6-5-7-11-15/h8-9,12-13,15H,5-7,10-11,14H2,1-4H3,(H,20,22). The number of amides is 1. The summed E-state index contributed by atoms with van der Waals surface area (Å²) < 4.78 is 26.0. The molecule has 0 heterocycles. The second kappa shape index (κ2) is 7.77. The number of carbonyl (C=O) groups is 1. The van der Waals surface area contributed by atoms with E-state index in [2.05, 4.69) is 5.32 Å². The van der Waals surface area contributed by atoms with Crippen LogP contribution in [0.1, 0.15) is 58.4 Å². The molecule has 2 rings (SSSR count). The molecule has 0 saturated heterocycles. The van der Waals surface area contributed by atoms with Crippen molar-refractivity contribution in [3.63, 3.8) is 0 Å². The quantitative estimate of drug-likeness (QED) is 0.870. The Morgan fingerprint density at radius 2 is 1.76 bits per heavy atom. The van der Waals surface area contributed by atoms with E-state index in [1.54, 1.807) is 6.07 Å². The maximum absolute atomic E-state index is 12.5. The Morgan fingerprint density at radius 3 is 2.32 bits per heavy atom. The monoisotopic (exact) mass is 366 g/mol. The molecule has 0 aromatic heterocycles. The van der Waals surface area contributed by atoms with Crippen molar-refractivity contribution in [3.05, 3.63) is 29.8 Å². The number of nitrogens with zero attached hydrogens (tertiary/aromatic N) is 1. The Kier molecular flexibility index (Phi) is 6.14. The smallest absolute Gasteiger partial charge is 0.240 e. The predicted molar refractivity (Wildman–Crippen MR) is 102 cm³/mol.